The topological polar surface area (TPSA) is 82.2 Å². The first-order valence-corrected chi connectivity index (χ1v) is 10.2. The first kappa shape index (κ1) is 19.7. The highest BCUT2D eigenvalue weighted by Gasteiger charge is 2.43. The summed E-state index contributed by atoms with van der Waals surface area (Å²) in [5.41, 5.74) is 0.608. The highest BCUT2D eigenvalue weighted by molar-refractivity contribution is 5.98. The number of nitrogens with one attached hydrogen (secondary N) is 1. The van der Waals surface area contributed by atoms with Crippen molar-refractivity contribution in [3.63, 3.8) is 0 Å². The van der Waals surface area contributed by atoms with Crippen LogP contribution >= 0.6 is 0 Å². The number of carbonyl (C=O) groups excluding carboxylic acids is 3. The quantitative estimate of drug-likeness (QED) is 0.786. The fourth-order valence-electron chi connectivity index (χ4n) is 4.17. The van der Waals surface area contributed by atoms with E-state index in [4.69, 9.17) is 4.74 Å². The minimum Gasteiger partial charge on any atom is -0.467 e. The minimum absolute atomic E-state index is 0.0168. The van der Waals surface area contributed by atoms with Gasteiger partial charge in [0.1, 0.15) is 5.75 Å². The third-order valence-electron chi connectivity index (χ3n) is 6.09. The van der Waals surface area contributed by atoms with Crippen molar-refractivity contribution < 1.29 is 19.1 Å². The van der Waals surface area contributed by atoms with Crippen molar-refractivity contribution in [3.05, 3.63) is 29.3 Å². The Hall–Kier alpha value is -2.61. The van der Waals surface area contributed by atoms with Gasteiger partial charge in [0.2, 0.25) is 11.8 Å². The Bertz CT molecular complexity index is 834. The number of likely N-dealkylation sites (N-methyl/N-ethyl adjacent to an activating group) is 1. The van der Waals surface area contributed by atoms with Crippen LogP contribution in [0.4, 0.5) is 0 Å². The van der Waals surface area contributed by atoms with Gasteiger partial charge in [0.25, 0.3) is 5.91 Å². The normalized spacial score (nSPS) is 25.3. The van der Waals surface area contributed by atoms with Gasteiger partial charge in [0.15, 0.2) is 5.72 Å². The van der Waals surface area contributed by atoms with Crippen molar-refractivity contribution in [2.45, 2.75) is 31.9 Å². The predicted molar refractivity (Wildman–Crippen MR) is 107 cm³/mol. The SMILES string of the molecule is Cc1ccc2c(c1)C(=O)NC1(CCC(=O)N(CC(=O)N3CCN(C)CC3)CC1)O2. The molecule has 1 unspecified atom stereocenters. The highest BCUT2D eigenvalue weighted by atomic mass is 16.5. The van der Waals surface area contributed by atoms with Gasteiger partial charge in [-0.15, -0.1) is 0 Å². The molecule has 8 nitrogen and oxygen atoms in total. The summed E-state index contributed by atoms with van der Waals surface area (Å²) in [6.45, 7) is 5.47. The van der Waals surface area contributed by atoms with E-state index >= 15 is 0 Å². The molecule has 2 fully saturated rings. The van der Waals surface area contributed by atoms with Gasteiger partial charge in [0.05, 0.1) is 12.1 Å². The molecule has 3 heterocycles. The van der Waals surface area contributed by atoms with Crippen molar-refractivity contribution in [1.29, 1.82) is 0 Å². The van der Waals surface area contributed by atoms with E-state index in [1.165, 1.54) is 0 Å². The predicted octanol–water partition coefficient (Wildman–Crippen LogP) is 0.600. The first-order valence-electron chi connectivity index (χ1n) is 10.2. The largest absolute Gasteiger partial charge is 0.467 e. The van der Waals surface area contributed by atoms with Gasteiger partial charge in [-0.05, 0) is 26.1 Å². The number of nitrogens with zero attached hydrogens (tertiary/aromatic N) is 3. The maximum atomic E-state index is 12.7. The molecule has 1 N–H and O–H groups in total. The highest BCUT2D eigenvalue weighted by Crippen LogP contribution is 2.34. The van der Waals surface area contributed by atoms with E-state index in [9.17, 15) is 14.4 Å². The maximum Gasteiger partial charge on any atom is 0.258 e. The van der Waals surface area contributed by atoms with Gasteiger partial charge in [-0.25, -0.2) is 0 Å². The molecule has 0 bridgehead atoms. The van der Waals surface area contributed by atoms with Gasteiger partial charge < -0.3 is 24.8 Å². The van der Waals surface area contributed by atoms with Crippen LogP contribution in [0.5, 0.6) is 5.75 Å². The van der Waals surface area contributed by atoms with E-state index in [2.05, 4.69) is 10.2 Å². The zero-order valence-electron chi connectivity index (χ0n) is 17.1. The van der Waals surface area contributed by atoms with E-state index in [1.807, 2.05) is 31.0 Å². The number of aryl methyl sites for hydroxylation is 1. The summed E-state index contributed by atoms with van der Waals surface area (Å²) in [5, 5.41) is 2.98. The number of benzene rings is 1. The molecule has 29 heavy (non-hydrogen) atoms. The first-order chi connectivity index (χ1) is 13.8. The van der Waals surface area contributed by atoms with E-state index in [0.717, 1.165) is 18.7 Å². The summed E-state index contributed by atoms with van der Waals surface area (Å²) >= 11 is 0. The smallest absolute Gasteiger partial charge is 0.258 e. The number of amides is 3. The lowest BCUT2D eigenvalue weighted by atomic mass is 9.99. The molecule has 1 spiro atoms. The van der Waals surface area contributed by atoms with Gasteiger partial charge in [-0.1, -0.05) is 11.6 Å². The number of hydrogen-bond acceptors (Lipinski definition) is 5. The molecule has 0 aromatic heterocycles. The van der Waals surface area contributed by atoms with Crippen molar-refractivity contribution in [2.75, 3.05) is 46.3 Å². The average molecular weight is 400 g/mol. The van der Waals surface area contributed by atoms with Crippen molar-refractivity contribution in [3.8, 4) is 5.75 Å². The fourth-order valence-corrected chi connectivity index (χ4v) is 4.17. The molecule has 8 heteroatoms. The fraction of sp³-hybridized carbons (Fsp3) is 0.571. The van der Waals surface area contributed by atoms with Crippen LogP contribution in [0.1, 0.15) is 35.2 Å². The molecule has 3 aliphatic rings. The summed E-state index contributed by atoms with van der Waals surface area (Å²) in [6, 6.07) is 5.53. The van der Waals surface area contributed by atoms with Crippen LogP contribution in [0, 0.1) is 6.92 Å². The van der Waals surface area contributed by atoms with Crippen LogP contribution < -0.4 is 10.1 Å². The molecule has 1 atom stereocenters. The van der Waals surface area contributed by atoms with E-state index in [1.54, 1.807) is 11.0 Å². The Morgan fingerprint density at radius 2 is 1.90 bits per heavy atom. The lowest BCUT2D eigenvalue weighted by molar-refractivity contribution is -0.141. The Labute approximate surface area is 170 Å². The Balaban J connectivity index is 1.43. The van der Waals surface area contributed by atoms with Crippen molar-refractivity contribution >= 4 is 17.7 Å². The summed E-state index contributed by atoms with van der Waals surface area (Å²) in [7, 11) is 2.04. The summed E-state index contributed by atoms with van der Waals surface area (Å²) in [6.07, 6.45) is 1.08. The monoisotopic (exact) mass is 400 g/mol. The van der Waals surface area contributed by atoms with Gasteiger partial charge in [-0.3, -0.25) is 14.4 Å². The second-order valence-electron chi connectivity index (χ2n) is 8.30. The summed E-state index contributed by atoms with van der Waals surface area (Å²) < 4.78 is 6.18. The molecule has 3 amide bonds. The van der Waals surface area contributed by atoms with Crippen LogP contribution in [0.3, 0.4) is 0 Å². The Kier molecular flexibility index (Phi) is 5.21. The lowest BCUT2D eigenvalue weighted by Crippen LogP contribution is -2.56. The third-order valence-corrected chi connectivity index (χ3v) is 6.09. The van der Waals surface area contributed by atoms with Gasteiger partial charge in [0, 0.05) is 52.0 Å². The van der Waals surface area contributed by atoms with Gasteiger partial charge >= 0.3 is 0 Å². The second-order valence-corrected chi connectivity index (χ2v) is 8.30. The summed E-state index contributed by atoms with van der Waals surface area (Å²) in [5.74, 6) is 0.284. The van der Waals surface area contributed by atoms with Crippen LogP contribution in [0.15, 0.2) is 18.2 Å². The molecule has 2 saturated heterocycles. The van der Waals surface area contributed by atoms with E-state index < -0.39 is 5.72 Å². The number of piperazine rings is 1. The van der Waals surface area contributed by atoms with Crippen LogP contribution in [-0.2, 0) is 9.59 Å². The van der Waals surface area contributed by atoms with Crippen LogP contribution in [0.25, 0.3) is 0 Å². The molecule has 0 radical (unpaired) electrons. The number of rotatable bonds is 2. The standard InChI is InChI=1S/C21H28N4O4/c1-15-3-4-17-16(13-15)20(28)22-21(29-17)6-5-18(26)25(8-7-21)14-19(27)24-11-9-23(2)10-12-24/h3-4,13H,5-12,14H2,1-2H3,(H,22,28). The molecule has 4 rings (SSSR count). The maximum absolute atomic E-state index is 12.7. The number of likely N-dealkylation sites (tertiary alicyclic amines) is 1. The number of ether oxygens (including phenoxy) is 1. The molecule has 0 saturated carbocycles. The van der Waals surface area contributed by atoms with Crippen LogP contribution in [0.2, 0.25) is 0 Å². The second kappa shape index (κ2) is 7.67. The zero-order chi connectivity index (χ0) is 20.6. The molecular formula is C21H28N4O4. The number of hydrogen-bond donors (Lipinski definition) is 1. The molecule has 1 aromatic rings. The van der Waals surface area contributed by atoms with Crippen molar-refractivity contribution in [1.82, 2.24) is 20.0 Å². The van der Waals surface area contributed by atoms with Crippen LogP contribution in [-0.4, -0.2) is 84.5 Å². The zero-order valence-corrected chi connectivity index (χ0v) is 17.1. The Morgan fingerprint density at radius 1 is 1.14 bits per heavy atom. The van der Waals surface area contributed by atoms with E-state index in [-0.39, 0.29) is 30.7 Å². The average Bonchev–Trinajstić information content (AvgIpc) is 2.83. The molecule has 156 valence electrons. The molecule has 1 aromatic carbocycles. The summed E-state index contributed by atoms with van der Waals surface area (Å²) in [4.78, 5) is 43.6. The van der Waals surface area contributed by atoms with Gasteiger partial charge in [-0.2, -0.15) is 0 Å². The number of carbonyl (C=O) groups is 3. The Morgan fingerprint density at radius 3 is 2.66 bits per heavy atom. The molecule has 0 aliphatic carbocycles. The number of fused-ring (bicyclic) bond motifs is 1. The minimum atomic E-state index is -0.902. The van der Waals surface area contributed by atoms with Crippen molar-refractivity contribution in [2.24, 2.45) is 0 Å². The molecule has 3 aliphatic heterocycles. The molecular weight excluding hydrogens is 372 g/mol. The van der Waals surface area contributed by atoms with E-state index in [0.29, 0.717) is 43.8 Å². The lowest BCUT2D eigenvalue weighted by Gasteiger charge is -2.38. The third kappa shape index (κ3) is 4.07.